The number of hydrogen-bond acceptors (Lipinski definition) is 1. The summed E-state index contributed by atoms with van der Waals surface area (Å²) >= 11 is 0. The normalized spacial score (nSPS) is 11.1. The smallest absolute Gasteiger partial charge is 0.253 e. The quantitative estimate of drug-likeness (QED) is 0.504. The van der Waals surface area contributed by atoms with Gasteiger partial charge in [-0.2, -0.15) is 0 Å². The number of nitrogens with zero attached hydrogens (tertiary/aromatic N) is 2. The molecular formula is C15H29N2O+. The fraction of sp³-hybridized carbons (Fsp3) is 0.800. The SMILES string of the molecule is Cc1n(CCCCCCCCCCO)cc[n+]1C. The van der Waals surface area contributed by atoms with Crippen molar-refractivity contribution in [2.75, 3.05) is 6.61 Å². The molecule has 1 aromatic rings. The first-order valence-corrected chi connectivity index (χ1v) is 7.38. The van der Waals surface area contributed by atoms with Crippen LogP contribution in [0.4, 0.5) is 0 Å². The van der Waals surface area contributed by atoms with E-state index in [1.807, 2.05) is 0 Å². The van der Waals surface area contributed by atoms with E-state index in [0.29, 0.717) is 6.61 Å². The van der Waals surface area contributed by atoms with Gasteiger partial charge in [-0.05, 0) is 19.3 Å². The molecule has 1 rings (SSSR count). The molecule has 0 saturated heterocycles. The Morgan fingerprint density at radius 1 is 1.00 bits per heavy atom. The number of unbranched alkanes of at least 4 members (excludes halogenated alkanes) is 7. The molecule has 0 amide bonds. The number of aliphatic hydroxyl groups excluding tert-OH is 1. The van der Waals surface area contributed by atoms with Gasteiger partial charge >= 0.3 is 0 Å². The van der Waals surface area contributed by atoms with E-state index in [4.69, 9.17) is 5.11 Å². The van der Waals surface area contributed by atoms with Crippen LogP contribution in [0, 0.1) is 6.92 Å². The van der Waals surface area contributed by atoms with Crippen LogP contribution in [0.2, 0.25) is 0 Å². The minimum absolute atomic E-state index is 0.355. The fourth-order valence-corrected chi connectivity index (χ4v) is 2.29. The molecule has 0 aliphatic carbocycles. The Balaban J connectivity index is 1.94. The van der Waals surface area contributed by atoms with Crippen molar-refractivity contribution in [1.29, 1.82) is 0 Å². The van der Waals surface area contributed by atoms with Gasteiger partial charge in [0.05, 0.1) is 13.6 Å². The van der Waals surface area contributed by atoms with Gasteiger partial charge in [0.25, 0.3) is 5.82 Å². The van der Waals surface area contributed by atoms with E-state index in [1.54, 1.807) is 0 Å². The molecule has 1 aromatic heterocycles. The van der Waals surface area contributed by atoms with Crippen LogP contribution in [-0.2, 0) is 13.6 Å². The number of aryl methyl sites for hydroxylation is 2. The lowest BCUT2D eigenvalue weighted by molar-refractivity contribution is -0.677. The summed E-state index contributed by atoms with van der Waals surface area (Å²) in [5.41, 5.74) is 0. The molecule has 0 radical (unpaired) electrons. The standard InChI is InChI=1S/C15H29N2O/c1-15-16(2)12-13-17(15)11-9-7-5-3-4-6-8-10-14-18/h12-13,18H,3-11,14H2,1-2H3/q+1. The summed E-state index contributed by atoms with van der Waals surface area (Å²) in [5, 5.41) is 8.67. The molecule has 3 nitrogen and oxygen atoms in total. The van der Waals surface area contributed by atoms with Gasteiger partial charge < -0.3 is 5.11 Å². The monoisotopic (exact) mass is 253 g/mol. The Bertz CT molecular complexity index is 320. The number of hydrogen-bond donors (Lipinski definition) is 1. The molecule has 0 spiro atoms. The number of aliphatic hydroxyl groups is 1. The molecule has 0 fully saturated rings. The number of rotatable bonds is 10. The minimum Gasteiger partial charge on any atom is -0.396 e. The van der Waals surface area contributed by atoms with Gasteiger partial charge in [0.1, 0.15) is 12.4 Å². The predicted molar refractivity (Wildman–Crippen MR) is 74.4 cm³/mol. The van der Waals surface area contributed by atoms with Crippen LogP contribution in [0.25, 0.3) is 0 Å². The highest BCUT2D eigenvalue weighted by molar-refractivity contribution is 4.78. The third kappa shape index (κ3) is 5.67. The summed E-state index contributed by atoms with van der Waals surface area (Å²) in [7, 11) is 2.10. The van der Waals surface area contributed by atoms with Crippen LogP contribution < -0.4 is 4.57 Å². The Labute approximate surface area is 111 Å². The van der Waals surface area contributed by atoms with Crippen LogP contribution in [0.5, 0.6) is 0 Å². The van der Waals surface area contributed by atoms with Crippen LogP contribution in [-0.4, -0.2) is 16.3 Å². The molecule has 0 atom stereocenters. The second-order valence-corrected chi connectivity index (χ2v) is 5.20. The van der Waals surface area contributed by atoms with Crippen molar-refractivity contribution in [3.8, 4) is 0 Å². The van der Waals surface area contributed by atoms with Gasteiger partial charge in [-0.25, -0.2) is 9.13 Å². The lowest BCUT2D eigenvalue weighted by atomic mass is 10.1. The van der Waals surface area contributed by atoms with E-state index in [2.05, 4.69) is 35.5 Å². The van der Waals surface area contributed by atoms with Gasteiger partial charge in [0.15, 0.2) is 0 Å². The van der Waals surface area contributed by atoms with E-state index in [9.17, 15) is 0 Å². The van der Waals surface area contributed by atoms with E-state index in [1.165, 1.54) is 50.8 Å². The first-order chi connectivity index (χ1) is 8.75. The molecule has 0 unspecified atom stereocenters. The molecule has 0 aromatic carbocycles. The van der Waals surface area contributed by atoms with Crippen LogP contribution in [0.1, 0.15) is 57.2 Å². The summed E-state index contributed by atoms with van der Waals surface area (Å²) in [5.74, 6) is 1.33. The molecule has 18 heavy (non-hydrogen) atoms. The Morgan fingerprint density at radius 3 is 2.06 bits per heavy atom. The van der Waals surface area contributed by atoms with Crippen LogP contribution in [0.3, 0.4) is 0 Å². The van der Waals surface area contributed by atoms with Gasteiger partial charge in [-0.1, -0.05) is 32.1 Å². The van der Waals surface area contributed by atoms with E-state index in [0.717, 1.165) is 13.0 Å². The van der Waals surface area contributed by atoms with Crippen molar-refractivity contribution >= 4 is 0 Å². The maximum absolute atomic E-state index is 8.67. The lowest BCUT2D eigenvalue weighted by Gasteiger charge is -2.01. The van der Waals surface area contributed by atoms with Crippen molar-refractivity contribution in [2.24, 2.45) is 7.05 Å². The van der Waals surface area contributed by atoms with Crippen LogP contribution in [0.15, 0.2) is 12.4 Å². The summed E-state index contributed by atoms with van der Waals surface area (Å²) in [4.78, 5) is 0. The predicted octanol–water partition coefficient (Wildman–Crippen LogP) is 2.73. The third-order valence-corrected chi connectivity index (χ3v) is 3.70. The largest absolute Gasteiger partial charge is 0.396 e. The third-order valence-electron chi connectivity index (χ3n) is 3.70. The second-order valence-electron chi connectivity index (χ2n) is 5.20. The molecule has 3 heteroatoms. The van der Waals surface area contributed by atoms with Gasteiger partial charge in [0.2, 0.25) is 0 Å². The maximum Gasteiger partial charge on any atom is 0.253 e. The van der Waals surface area contributed by atoms with E-state index >= 15 is 0 Å². The van der Waals surface area contributed by atoms with Crippen molar-refractivity contribution in [3.05, 3.63) is 18.2 Å². The minimum atomic E-state index is 0.355. The first kappa shape index (κ1) is 15.2. The molecule has 0 aliphatic heterocycles. The summed E-state index contributed by atoms with van der Waals surface area (Å²) in [6.07, 6.45) is 14.4. The van der Waals surface area contributed by atoms with Crippen molar-refractivity contribution in [2.45, 2.75) is 64.8 Å². The van der Waals surface area contributed by atoms with Gasteiger partial charge in [-0.3, -0.25) is 0 Å². The van der Waals surface area contributed by atoms with Crippen LogP contribution >= 0.6 is 0 Å². The highest BCUT2D eigenvalue weighted by Gasteiger charge is 2.07. The Hall–Kier alpha value is -0.830. The highest BCUT2D eigenvalue weighted by atomic mass is 16.2. The van der Waals surface area contributed by atoms with Gasteiger partial charge in [-0.15, -0.1) is 0 Å². The molecule has 0 bridgehead atoms. The number of aromatic nitrogens is 2. The molecular weight excluding hydrogens is 224 g/mol. The molecule has 1 heterocycles. The second kappa shape index (κ2) is 9.15. The molecule has 104 valence electrons. The molecule has 0 saturated carbocycles. The lowest BCUT2D eigenvalue weighted by Crippen LogP contribution is -2.29. The number of imidazole rings is 1. The highest BCUT2D eigenvalue weighted by Crippen LogP contribution is 2.09. The fourth-order valence-electron chi connectivity index (χ4n) is 2.29. The van der Waals surface area contributed by atoms with E-state index < -0.39 is 0 Å². The molecule has 1 N–H and O–H groups in total. The van der Waals surface area contributed by atoms with Crippen molar-refractivity contribution in [1.82, 2.24) is 4.57 Å². The zero-order valence-electron chi connectivity index (χ0n) is 12.1. The zero-order valence-corrected chi connectivity index (χ0v) is 12.1. The zero-order chi connectivity index (χ0) is 13.2. The Kier molecular flexibility index (Phi) is 7.74. The average Bonchev–Trinajstić information content (AvgIpc) is 2.68. The van der Waals surface area contributed by atoms with Gasteiger partial charge in [0, 0.05) is 13.5 Å². The summed E-state index contributed by atoms with van der Waals surface area (Å²) in [6, 6.07) is 0. The first-order valence-electron chi connectivity index (χ1n) is 7.38. The van der Waals surface area contributed by atoms with Crippen molar-refractivity contribution < 1.29 is 9.67 Å². The average molecular weight is 253 g/mol. The summed E-state index contributed by atoms with van der Waals surface area (Å²) in [6.45, 7) is 3.67. The van der Waals surface area contributed by atoms with E-state index in [-0.39, 0.29) is 0 Å². The topological polar surface area (TPSA) is 29.0 Å². The van der Waals surface area contributed by atoms with Crippen molar-refractivity contribution in [3.63, 3.8) is 0 Å². The Morgan fingerprint density at radius 2 is 1.56 bits per heavy atom. The molecule has 0 aliphatic rings. The summed E-state index contributed by atoms with van der Waals surface area (Å²) < 4.78 is 4.50. The maximum atomic E-state index is 8.67.